The van der Waals surface area contributed by atoms with Crippen LogP contribution >= 0.6 is 34.7 Å². The first kappa shape index (κ1) is 14.1. The fourth-order valence-corrected chi connectivity index (χ4v) is 2.95. The molecule has 19 heavy (non-hydrogen) atoms. The maximum absolute atomic E-state index is 11.8. The van der Waals surface area contributed by atoms with Crippen molar-refractivity contribution in [1.29, 1.82) is 0 Å². The second kappa shape index (κ2) is 6.23. The summed E-state index contributed by atoms with van der Waals surface area (Å²) in [5.41, 5.74) is 7.03. The van der Waals surface area contributed by atoms with E-state index < -0.39 is 0 Å². The van der Waals surface area contributed by atoms with Crippen LogP contribution in [0.15, 0.2) is 22.5 Å². The van der Waals surface area contributed by atoms with Crippen LogP contribution in [0.25, 0.3) is 0 Å². The monoisotopic (exact) mass is 314 g/mol. The Hall–Kier alpha value is -1.31. The van der Waals surface area contributed by atoms with Gasteiger partial charge in [0.1, 0.15) is 0 Å². The summed E-state index contributed by atoms with van der Waals surface area (Å²) in [6.45, 7) is 1.86. The maximum Gasteiger partial charge on any atom is 0.234 e. The highest BCUT2D eigenvalue weighted by atomic mass is 35.5. The summed E-state index contributed by atoms with van der Waals surface area (Å²) >= 11 is 8.54. The molecule has 2 aromatic rings. The molecule has 100 valence electrons. The number of benzene rings is 1. The summed E-state index contributed by atoms with van der Waals surface area (Å²) in [5, 5.41) is 11.3. The molecule has 1 aromatic heterocycles. The lowest BCUT2D eigenvalue weighted by molar-refractivity contribution is -0.113. The van der Waals surface area contributed by atoms with E-state index in [1.807, 2.05) is 13.0 Å². The average molecular weight is 315 g/mol. The Bertz CT molecular complexity index is 602. The standard InChI is InChI=1S/C11H11ClN4OS2/c1-6-7(12)3-2-4-8(6)14-9(17)5-18-11-16-15-10(13)19-11/h2-4H,5H2,1H3,(H2,13,15)(H,14,17). The zero-order valence-electron chi connectivity index (χ0n) is 10.0. The van der Waals surface area contributed by atoms with Gasteiger partial charge in [0, 0.05) is 10.7 Å². The van der Waals surface area contributed by atoms with Crippen LogP contribution in [0.5, 0.6) is 0 Å². The number of carbonyl (C=O) groups is 1. The number of nitrogens with zero attached hydrogens (tertiary/aromatic N) is 2. The molecule has 0 atom stereocenters. The minimum absolute atomic E-state index is 0.121. The van der Waals surface area contributed by atoms with Gasteiger partial charge < -0.3 is 11.1 Å². The van der Waals surface area contributed by atoms with Gasteiger partial charge >= 0.3 is 0 Å². The molecule has 1 amide bonds. The molecule has 2 rings (SSSR count). The molecule has 1 aromatic carbocycles. The summed E-state index contributed by atoms with van der Waals surface area (Å²) in [7, 11) is 0. The van der Waals surface area contributed by atoms with Gasteiger partial charge in [0.25, 0.3) is 0 Å². The quantitative estimate of drug-likeness (QED) is 0.848. The Morgan fingerprint density at radius 2 is 2.32 bits per heavy atom. The van der Waals surface area contributed by atoms with Crippen LogP contribution in [-0.4, -0.2) is 21.9 Å². The van der Waals surface area contributed by atoms with Gasteiger partial charge in [-0.05, 0) is 24.6 Å². The van der Waals surface area contributed by atoms with Gasteiger partial charge in [-0.25, -0.2) is 0 Å². The van der Waals surface area contributed by atoms with E-state index in [0.29, 0.717) is 14.5 Å². The van der Waals surface area contributed by atoms with E-state index in [9.17, 15) is 4.79 Å². The molecule has 0 bridgehead atoms. The number of thioether (sulfide) groups is 1. The minimum Gasteiger partial charge on any atom is -0.374 e. The van der Waals surface area contributed by atoms with E-state index in [1.54, 1.807) is 12.1 Å². The van der Waals surface area contributed by atoms with Crippen LogP contribution in [0.2, 0.25) is 5.02 Å². The Morgan fingerprint density at radius 3 is 3.00 bits per heavy atom. The third kappa shape index (κ3) is 3.82. The normalized spacial score (nSPS) is 10.4. The molecule has 0 aliphatic carbocycles. The molecule has 3 N–H and O–H groups in total. The van der Waals surface area contributed by atoms with E-state index in [1.165, 1.54) is 23.1 Å². The first-order valence-corrected chi connectivity index (χ1v) is 7.51. The van der Waals surface area contributed by atoms with E-state index in [-0.39, 0.29) is 11.7 Å². The largest absolute Gasteiger partial charge is 0.374 e. The number of nitrogen functional groups attached to an aromatic ring is 1. The summed E-state index contributed by atoms with van der Waals surface area (Å²) < 4.78 is 0.676. The Balaban J connectivity index is 1.92. The fourth-order valence-electron chi connectivity index (χ4n) is 1.34. The number of halogens is 1. The number of amides is 1. The lowest BCUT2D eigenvalue weighted by atomic mass is 10.2. The number of nitrogens with one attached hydrogen (secondary N) is 1. The predicted octanol–water partition coefficient (Wildman–Crippen LogP) is 2.81. The van der Waals surface area contributed by atoms with Gasteiger partial charge in [-0.15, -0.1) is 10.2 Å². The Morgan fingerprint density at radius 1 is 1.53 bits per heavy atom. The van der Waals surface area contributed by atoms with Crippen molar-refractivity contribution in [2.45, 2.75) is 11.3 Å². The van der Waals surface area contributed by atoms with Gasteiger partial charge in [0.05, 0.1) is 5.75 Å². The van der Waals surface area contributed by atoms with Crippen molar-refractivity contribution >= 4 is 51.4 Å². The van der Waals surface area contributed by atoms with E-state index in [0.717, 1.165) is 11.3 Å². The molecule has 0 radical (unpaired) electrons. The number of anilines is 2. The number of hydrogen-bond acceptors (Lipinski definition) is 6. The third-order valence-corrected chi connectivity index (χ3v) is 4.59. The molecule has 0 spiro atoms. The maximum atomic E-state index is 11.8. The van der Waals surface area contributed by atoms with Crippen molar-refractivity contribution < 1.29 is 4.79 Å². The first-order valence-electron chi connectivity index (χ1n) is 5.33. The van der Waals surface area contributed by atoms with Gasteiger partial charge in [0.2, 0.25) is 11.0 Å². The van der Waals surface area contributed by atoms with Gasteiger partial charge in [0.15, 0.2) is 4.34 Å². The molecule has 0 aliphatic heterocycles. The number of carbonyl (C=O) groups excluding carboxylic acids is 1. The topological polar surface area (TPSA) is 80.9 Å². The lowest BCUT2D eigenvalue weighted by Crippen LogP contribution is -2.14. The highest BCUT2D eigenvalue weighted by molar-refractivity contribution is 8.01. The number of rotatable bonds is 4. The summed E-state index contributed by atoms with van der Waals surface area (Å²) in [5.74, 6) is 0.129. The molecule has 0 aliphatic rings. The van der Waals surface area contributed by atoms with Gasteiger partial charge in [-0.2, -0.15) is 0 Å². The van der Waals surface area contributed by atoms with E-state index >= 15 is 0 Å². The van der Waals surface area contributed by atoms with Crippen LogP contribution in [0.4, 0.5) is 10.8 Å². The third-order valence-electron chi connectivity index (χ3n) is 2.29. The summed E-state index contributed by atoms with van der Waals surface area (Å²) in [4.78, 5) is 11.8. The second-order valence-corrected chi connectivity index (χ2v) is 6.29. The lowest BCUT2D eigenvalue weighted by Gasteiger charge is -2.08. The highest BCUT2D eigenvalue weighted by Crippen LogP contribution is 2.25. The van der Waals surface area contributed by atoms with Crippen LogP contribution in [0.1, 0.15) is 5.56 Å². The summed E-state index contributed by atoms with van der Waals surface area (Å²) in [6, 6.07) is 5.39. The fraction of sp³-hybridized carbons (Fsp3) is 0.182. The van der Waals surface area contributed by atoms with Crippen molar-refractivity contribution in [3.63, 3.8) is 0 Å². The zero-order chi connectivity index (χ0) is 13.8. The first-order chi connectivity index (χ1) is 9.06. The SMILES string of the molecule is Cc1c(Cl)cccc1NC(=O)CSc1nnc(N)s1. The van der Waals surface area contributed by atoms with Crippen molar-refractivity contribution in [3.8, 4) is 0 Å². The Kier molecular flexibility index (Phi) is 4.62. The van der Waals surface area contributed by atoms with Gasteiger partial charge in [-0.3, -0.25) is 4.79 Å². The van der Waals surface area contributed by atoms with E-state index in [2.05, 4.69) is 15.5 Å². The van der Waals surface area contributed by atoms with Crippen LogP contribution < -0.4 is 11.1 Å². The molecule has 0 saturated heterocycles. The molecule has 8 heteroatoms. The van der Waals surface area contributed by atoms with E-state index in [4.69, 9.17) is 17.3 Å². The Labute approximate surface area is 123 Å². The van der Waals surface area contributed by atoms with Crippen LogP contribution in [0, 0.1) is 6.92 Å². The van der Waals surface area contributed by atoms with Gasteiger partial charge in [-0.1, -0.05) is 40.8 Å². The smallest absolute Gasteiger partial charge is 0.234 e. The van der Waals surface area contributed by atoms with Crippen molar-refractivity contribution in [2.75, 3.05) is 16.8 Å². The molecule has 1 heterocycles. The average Bonchev–Trinajstić information content (AvgIpc) is 2.78. The second-order valence-electron chi connectivity index (χ2n) is 3.66. The van der Waals surface area contributed by atoms with Crippen molar-refractivity contribution in [1.82, 2.24) is 10.2 Å². The molecular weight excluding hydrogens is 304 g/mol. The zero-order valence-corrected chi connectivity index (χ0v) is 12.4. The van der Waals surface area contributed by atoms with Crippen molar-refractivity contribution in [2.24, 2.45) is 0 Å². The number of nitrogens with two attached hydrogens (primary N) is 1. The minimum atomic E-state index is -0.121. The predicted molar refractivity (Wildman–Crippen MR) is 79.9 cm³/mol. The molecular formula is C11H11ClN4OS2. The number of hydrogen-bond donors (Lipinski definition) is 2. The molecule has 0 fully saturated rings. The van der Waals surface area contributed by atoms with Crippen LogP contribution in [-0.2, 0) is 4.79 Å². The highest BCUT2D eigenvalue weighted by Gasteiger charge is 2.09. The summed E-state index contributed by atoms with van der Waals surface area (Å²) in [6.07, 6.45) is 0. The van der Waals surface area contributed by atoms with Crippen LogP contribution in [0.3, 0.4) is 0 Å². The molecule has 0 unspecified atom stereocenters. The molecule has 5 nitrogen and oxygen atoms in total. The number of aromatic nitrogens is 2. The molecule has 0 saturated carbocycles. The van der Waals surface area contributed by atoms with Crippen molar-refractivity contribution in [3.05, 3.63) is 28.8 Å².